The van der Waals surface area contributed by atoms with Crippen LogP contribution in [0.15, 0.2) is 140 Å². The molecule has 7 rings (SSSR count). The molecule has 0 spiro atoms. The third-order valence-corrected chi connectivity index (χ3v) is 6.79. The molecule has 0 saturated carbocycles. The Morgan fingerprint density at radius 1 is 0.634 bits per heavy atom. The molecule has 7 aromatic rings. The van der Waals surface area contributed by atoms with Crippen molar-refractivity contribution in [2.45, 2.75) is 0 Å². The van der Waals surface area contributed by atoms with E-state index in [4.69, 9.17) is 9.72 Å². The Balaban J connectivity index is 0.00000302. The molecule has 4 nitrogen and oxygen atoms in total. The predicted octanol–water partition coefficient (Wildman–Crippen LogP) is 8.81. The van der Waals surface area contributed by atoms with E-state index in [-0.39, 0.29) is 21.1 Å². The number of nitrogens with zero attached hydrogens (tertiary/aromatic N) is 3. The molecule has 2 heterocycles. The van der Waals surface area contributed by atoms with Crippen LogP contribution in [0.25, 0.3) is 50.2 Å². The molecule has 0 N–H and O–H groups in total. The second kappa shape index (κ2) is 11.8. The number of fused-ring (bicyclic) bond motifs is 1. The van der Waals surface area contributed by atoms with Gasteiger partial charge in [-0.25, -0.2) is 4.98 Å². The number of benzene rings is 5. The molecular formula is C36H23N3OPt. The zero-order chi connectivity index (χ0) is 26.7. The summed E-state index contributed by atoms with van der Waals surface area (Å²) in [6.07, 6.45) is 1.78. The van der Waals surface area contributed by atoms with Gasteiger partial charge in [0.25, 0.3) is 0 Å². The van der Waals surface area contributed by atoms with Gasteiger partial charge in [0, 0.05) is 17.5 Å². The van der Waals surface area contributed by atoms with Gasteiger partial charge >= 0.3 is 27.1 Å². The van der Waals surface area contributed by atoms with Crippen LogP contribution in [0.5, 0.6) is 11.8 Å². The first-order valence-electron chi connectivity index (χ1n) is 13.1. The van der Waals surface area contributed by atoms with Crippen LogP contribution in [-0.4, -0.2) is 14.5 Å². The fraction of sp³-hybridized carbons (Fsp3) is 0. The summed E-state index contributed by atoms with van der Waals surface area (Å²) in [4.78, 5) is 9.56. The van der Waals surface area contributed by atoms with Crippen LogP contribution < -0.4 is 4.74 Å². The van der Waals surface area contributed by atoms with E-state index in [0.717, 1.165) is 50.2 Å². The van der Waals surface area contributed by atoms with Crippen molar-refractivity contribution in [3.63, 3.8) is 0 Å². The summed E-state index contributed by atoms with van der Waals surface area (Å²) < 4.78 is 8.64. The van der Waals surface area contributed by atoms with Gasteiger partial charge in [-0.3, -0.25) is 4.57 Å². The molecule has 0 amide bonds. The van der Waals surface area contributed by atoms with Crippen LogP contribution in [0.4, 0.5) is 0 Å². The average molecular weight is 709 g/mol. The molecule has 0 saturated heterocycles. The molecule has 0 fully saturated rings. The van der Waals surface area contributed by atoms with Crippen molar-refractivity contribution < 1.29 is 25.8 Å². The molecule has 0 aliphatic carbocycles. The normalized spacial score (nSPS) is 10.7. The number of hydrogen-bond donors (Lipinski definition) is 0. The first-order valence-corrected chi connectivity index (χ1v) is 13.1. The van der Waals surface area contributed by atoms with Gasteiger partial charge in [-0.15, -0.1) is 59.7 Å². The largest absolute Gasteiger partial charge is 2.00 e. The van der Waals surface area contributed by atoms with Gasteiger partial charge in [-0.05, 0) is 29.5 Å². The minimum absolute atomic E-state index is 0. The topological polar surface area (TPSA) is 39.9 Å². The number of rotatable bonds is 6. The SMILES string of the molecule is [Pt+2].[c-]1c(Oc2nc3c(-c4[c-]cccc4)cccc3n2-c2ccccc2-c2ccccc2)cccc1-c1ccccn1. The number of hydrogen-bond acceptors (Lipinski definition) is 3. The minimum atomic E-state index is 0. The Morgan fingerprint density at radius 3 is 2.22 bits per heavy atom. The summed E-state index contributed by atoms with van der Waals surface area (Å²) in [6, 6.07) is 51.7. The second-order valence-corrected chi connectivity index (χ2v) is 9.31. The number of aromatic nitrogens is 3. The fourth-order valence-electron chi connectivity index (χ4n) is 4.97. The average Bonchev–Trinajstić information content (AvgIpc) is 3.40. The van der Waals surface area contributed by atoms with Crippen molar-refractivity contribution in [2.75, 3.05) is 0 Å². The van der Waals surface area contributed by atoms with Crippen molar-refractivity contribution in [2.24, 2.45) is 0 Å². The molecule has 5 heteroatoms. The quantitative estimate of drug-likeness (QED) is 0.162. The summed E-state index contributed by atoms with van der Waals surface area (Å²) >= 11 is 0. The molecular weight excluding hydrogens is 685 g/mol. The first kappa shape index (κ1) is 26.4. The number of pyridine rings is 1. The van der Waals surface area contributed by atoms with E-state index < -0.39 is 0 Å². The van der Waals surface area contributed by atoms with Crippen LogP contribution in [-0.2, 0) is 21.1 Å². The van der Waals surface area contributed by atoms with Gasteiger partial charge < -0.3 is 9.72 Å². The molecule has 198 valence electrons. The zero-order valence-electron chi connectivity index (χ0n) is 21.8. The minimum Gasteiger partial charge on any atom is -0.446 e. The van der Waals surface area contributed by atoms with E-state index >= 15 is 0 Å². The standard InChI is InChI=1S/C36H23N3O.Pt/c1-3-13-26(14-4-1)30-19-7-8-22-33(30)39-34-23-12-20-31(27-15-5-2-6-16-27)35(34)38-36(39)40-29-18-11-17-28(25-29)32-21-9-10-24-37-32;/h1-15,17-24H;/q-2;+2. The van der Waals surface area contributed by atoms with E-state index in [9.17, 15) is 0 Å². The van der Waals surface area contributed by atoms with E-state index in [1.165, 1.54) is 0 Å². The fourth-order valence-corrected chi connectivity index (χ4v) is 4.97. The van der Waals surface area contributed by atoms with Gasteiger partial charge in [0.2, 0.25) is 0 Å². The van der Waals surface area contributed by atoms with Crippen molar-refractivity contribution >= 4 is 11.0 Å². The maximum atomic E-state index is 6.55. The van der Waals surface area contributed by atoms with Crippen molar-refractivity contribution in [3.8, 4) is 51.0 Å². The number of para-hydroxylation sites is 2. The third-order valence-electron chi connectivity index (χ3n) is 6.79. The molecule has 0 aliphatic heterocycles. The summed E-state index contributed by atoms with van der Waals surface area (Å²) in [5.74, 6) is 0.560. The molecule has 2 aromatic heterocycles. The van der Waals surface area contributed by atoms with Gasteiger partial charge in [0.05, 0.1) is 16.7 Å². The molecule has 0 bridgehead atoms. The number of imidazole rings is 1. The van der Waals surface area contributed by atoms with E-state index in [1.54, 1.807) is 6.20 Å². The van der Waals surface area contributed by atoms with Crippen molar-refractivity contribution in [1.82, 2.24) is 14.5 Å². The van der Waals surface area contributed by atoms with Crippen LogP contribution >= 0.6 is 0 Å². The predicted molar refractivity (Wildman–Crippen MR) is 159 cm³/mol. The summed E-state index contributed by atoms with van der Waals surface area (Å²) in [5.41, 5.74) is 8.59. The van der Waals surface area contributed by atoms with Gasteiger partial charge in [-0.1, -0.05) is 84.4 Å². The maximum absolute atomic E-state index is 6.55. The Morgan fingerprint density at radius 2 is 1.39 bits per heavy atom. The van der Waals surface area contributed by atoms with E-state index in [0.29, 0.717) is 11.8 Å². The molecule has 0 aliphatic rings. The number of ether oxygens (including phenoxy) is 1. The van der Waals surface area contributed by atoms with Crippen LogP contribution in [0.1, 0.15) is 0 Å². The van der Waals surface area contributed by atoms with E-state index in [2.05, 4.69) is 88.4 Å². The molecule has 0 atom stereocenters. The van der Waals surface area contributed by atoms with Crippen molar-refractivity contribution in [3.05, 3.63) is 152 Å². The summed E-state index contributed by atoms with van der Waals surface area (Å²) in [6.45, 7) is 0. The Kier molecular flexibility index (Phi) is 7.58. The first-order chi connectivity index (χ1) is 19.8. The second-order valence-electron chi connectivity index (χ2n) is 9.31. The van der Waals surface area contributed by atoms with Gasteiger partial charge in [-0.2, -0.15) is 0 Å². The Bertz CT molecular complexity index is 1920. The van der Waals surface area contributed by atoms with Gasteiger partial charge in [0.15, 0.2) is 0 Å². The smallest absolute Gasteiger partial charge is 0.446 e. The zero-order valence-corrected chi connectivity index (χ0v) is 24.1. The maximum Gasteiger partial charge on any atom is 2.00 e. The molecule has 0 radical (unpaired) electrons. The molecule has 0 unspecified atom stereocenters. The summed E-state index contributed by atoms with van der Waals surface area (Å²) in [7, 11) is 0. The van der Waals surface area contributed by atoms with Crippen LogP contribution in [0.2, 0.25) is 0 Å². The van der Waals surface area contributed by atoms with Crippen molar-refractivity contribution in [1.29, 1.82) is 0 Å². The summed E-state index contributed by atoms with van der Waals surface area (Å²) in [5, 5.41) is 0. The Hall–Kier alpha value is -4.79. The van der Waals surface area contributed by atoms with Gasteiger partial charge in [0.1, 0.15) is 0 Å². The van der Waals surface area contributed by atoms with Crippen LogP contribution in [0.3, 0.4) is 0 Å². The van der Waals surface area contributed by atoms with Crippen LogP contribution in [0, 0.1) is 12.1 Å². The Labute approximate surface area is 253 Å². The monoisotopic (exact) mass is 708 g/mol. The van der Waals surface area contributed by atoms with E-state index in [1.807, 2.05) is 66.7 Å². The molecule has 5 aromatic carbocycles. The third kappa shape index (κ3) is 5.22. The molecule has 41 heavy (non-hydrogen) atoms.